The van der Waals surface area contributed by atoms with Crippen LogP contribution >= 0.6 is 15.6 Å². The second-order valence-corrected chi connectivity index (χ2v) is 11.3. The molecule has 0 aromatic heterocycles. The van der Waals surface area contributed by atoms with E-state index in [1.165, 1.54) is 0 Å². The van der Waals surface area contributed by atoms with E-state index in [0.717, 1.165) is 62.0 Å². The van der Waals surface area contributed by atoms with Crippen LogP contribution in [0.1, 0.15) is 84.6 Å². The molecule has 14 heteroatoms. The molecular formula is C25H54N2O10P2. The maximum atomic E-state index is 11.1. The molecule has 0 aliphatic carbocycles. The molecule has 0 amide bonds. The van der Waals surface area contributed by atoms with Gasteiger partial charge in [0, 0.05) is 20.6 Å². The van der Waals surface area contributed by atoms with Crippen LogP contribution in [0, 0.1) is 0 Å². The Morgan fingerprint density at radius 1 is 0.692 bits per heavy atom. The molecule has 39 heavy (non-hydrogen) atoms. The summed E-state index contributed by atoms with van der Waals surface area (Å²) in [7, 11) is -4.39. The minimum Gasteiger partial charge on any atom is -0.316 e. The van der Waals surface area contributed by atoms with Crippen LogP contribution in [0.25, 0.3) is 0 Å². The van der Waals surface area contributed by atoms with Gasteiger partial charge in [0.25, 0.3) is 0 Å². The molecule has 234 valence electrons. The Balaban J connectivity index is -0.000000471. The van der Waals surface area contributed by atoms with Gasteiger partial charge in [-0.3, -0.25) is 18.1 Å². The third-order valence-electron chi connectivity index (χ3n) is 4.14. The van der Waals surface area contributed by atoms with E-state index < -0.39 is 15.6 Å². The van der Waals surface area contributed by atoms with Gasteiger partial charge in [-0.15, -0.1) is 0 Å². The van der Waals surface area contributed by atoms with Crippen molar-refractivity contribution in [3.8, 4) is 0 Å². The SMILES string of the molecule is CCCCOP(=O)(O)OCCCC.CCCCOP(=O)(O)OCCCC.CN(C)O.ONCc1ccccc1. The smallest absolute Gasteiger partial charge is 0.316 e. The Labute approximate surface area is 235 Å². The lowest BCUT2D eigenvalue weighted by Crippen LogP contribution is -2.05. The normalized spacial score (nSPS) is 11.1. The first kappa shape index (κ1) is 42.7. The summed E-state index contributed by atoms with van der Waals surface area (Å²) < 4.78 is 41.0. The second kappa shape index (κ2) is 30.2. The number of hydroxylamine groups is 3. The predicted octanol–water partition coefficient (Wildman–Crippen LogP) is 6.54. The zero-order valence-electron chi connectivity index (χ0n) is 24.7. The minimum atomic E-state index is -3.75. The predicted molar refractivity (Wildman–Crippen MR) is 154 cm³/mol. The maximum absolute atomic E-state index is 11.1. The van der Waals surface area contributed by atoms with Crippen molar-refractivity contribution in [2.24, 2.45) is 0 Å². The highest BCUT2D eigenvalue weighted by Gasteiger charge is 2.20. The molecule has 0 saturated heterocycles. The number of phosphoric ester groups is 2. The average molecular weight is 605 g/mol. The van der Waals surface area contributed by atoms with Crippen LogP contribution in [-0.4, -0.2) is 65.8 Å². The summed E-state index contributed by atoms with van der Waals surface area (Å²) >= 11 is 0. The highest BCUT2D eigenvalue weighted by Crippen LogP contribution is 2.44. The van der Waals surface area contributed by atoms with Crippen molar-refractivity contribution in [1.82, 2.24) is 10.5 Å². The number of phosphoric acid groups is 2. The summed E-state index contributed by atoms with van der Waals surface area (Å²) in [6, 6.07) is 9.71. The highest BCUT2D eigenvalue weighted by molar-refractivity contribution is 7.47. The van der Waals surface area contributed by atoms with Gasteiger partial charge in [0.2, 0.25) is 0 Å². The zero-order valence-corrected chi connectivity index (χ0v) is 26.4. The lowest BCUT2D eigenvalue weighted by molar-refractivity contribution is -0.0373. The van der Waals surface area contributed by atoms with Gasteiger partial charge in [-0.2, -0.15) is 5.06 Å². The fourth-order valence-electron chi connectivity index (χ4n) is 2.06. The molecule has 0 heterocycles. The lowest BCUT2D eigenvalue weighted by Gasteiger charge is -2.10. The molecule has 0 aliphatic rings. The lowest BCUT2D eigenvalue weighted by atomic mass is 10.2. The first-order chi connectivity index (χ1) is 18.4. The molecule has 5 N–H and O–H groups in total. The summed E-state index contributed by atoms with van der Waals surface area (Å²) in [5, 5.41) is 17.2. The Morgan fingerprint density at radius 3 is 1.21 bits per heavy atom. The number of nitrogens with one attached hydrogen (secondary N) is 1. The van der Waals surface area contributed by atoms with Gasteiger partial charge < -0.3 is 20.2 Å². The van der Waals surface area contributed by atoms with E-state index in [-0.39, 0.29) is 26.4 Å². The molecule has 1 aromatic rings. The Morgan fingerprint density at radius 2 is 0.974 bits per heavy atom. The van der Waals surface area contributed by atoms with E-state index in [2.05, 4.69) is 5.48 Å². The van der Waals surface area contributed by atoms with Gasteiger partial charge in [0.05, 0.1) is 26.4 Å². The largest absolute Gasteiger partial charge is 0.472 e. The van der Waals surface area contributed by atoms with E-state index in [9.17, 15) is 9.13 Å². The van der Waals surface area contributed by atoms with E-state index in [0.29, 0.717) is 6.54 Å². The van der Waals surface area contributed by atoms with Crippen molar-refractivity contribution in [2.75, 3.05) is 40.5 Å². The van der Waals surface area contributed by atoms with Crippen LogP contribution in [-0.2, 0) is 33.8 Å². The number of hydrogen-bond acceptors (Lipinski definition) is 10. The van der Waals surface area contributed by atoms with Gasteiger partial charge >= 0.3 is 15.6 Å². The van der Waals surface area contributed by atoms with Crippen molar-refractivity contribution in [3.63, 3.8) is 0 Å². The third kappa shape index (κ3) is 39.5. The Hall–Kier alpha value is -0.720. The van der Waals surface area contributed by atoms with E-state index in [1.807, 2.05) is 58.0 Å². The summed E-state index contributed by atoms with van der Waals surface area (Å²) in [4.78, 5) is 18.2. The van der Waals surface area contributed by atoms with Crippen LogP contribution in [0.15, 0.2) is 30.3 Å². The molecular weight excluding hydrogens is 550 g/mol. The number of rotatable bonds is 18. The van der Waals surface area contributed by atoms with Crippen LogP contribution in [0.2, 0.25) is 0 Å². The Bertz CT molecular complexity index is 649. The molecule has 0 aliphatic heterocycles. The van der Waals surface area contributed by atoms with E-state index in [1.54, 1.807) is 14.1 Å². The van der Waals surface area contributed by atoms with E-state index in [4.69, 9.17) is 38.3 Å². The van der Waals surface area contributed by atoms with Crippen molar-refractivity contribution < 1.29 is 47.4 Å². The van der Waals surface area contributed by atoms with Crippen molar-refractivity contribution >= 4 is 15.6 Å². The van der Waals surface area contributed by atoms with Gasteiger partial charge in [0.1, 0.15) is 0 Å². The quantitative estimate of drug-likeness (QED) is 0.0698. The first-order valence-electron chi connectivity index (χ1n) is 13.4. The molecule has 12 nitrogen and oxygen atoms in total. The maximum Gasteiger partial charge on any atom is 0.472 e. The molecule has 0 fully saturated rings. The van der Waals surface area contributed by atoms with Crippen molar-refractivity contribution in [1.29, 1.82) is 0 Å². The highest BCUT2D eigenvalue weighted by atomic mass is 31.2. The van der Waals surface area contributed by atoms with Crippen LogP contribution in [0.3, 0.4) is 0 Å². The minimum absolute atomic E-state index is 0.288. The number of benzene rings is 1. The van der Waals surface area contributed by atoms with Gasteiger partial charge in [-0.1, -0.05) is 83.7 Å². The monoisotopic (exact) mass is 604 g/mol. The van der Waals surface area contributed by atoms with Gasteiger partial charge in [-0.05, 0) is 31.2 Å². The molecule has 0 spiro atoms. The fourth-order valence-corrected chi connectivity index (χ4v) is 3.65. The molecule has 1 aromatic carbocycles. The standard InChI is InChI=1S/2C8H19O4P.C7H9NO.C2H7NO/c2*1-3-5-7-11-13(9,10)12-8-6-4-2;9-8-6-7-4-2-1-3-5-7;1-3(2)4/h2*3-8H2,1-2H3,(H,9,10);1-5,8-9H,6H2;4H,1-2H3. The second-order valence-electron chi connectivity index (χ2n) is 8.35. The van der Waals surface area contributed by atoms with Crippen LogP contribution in [0.4, 0.5) is 0 Å². The molecule has 0 saturated carbocycles. The third-order valence-corrected chi connectivity index (χ3v) is 6.17. The number of nitrogens with zero attached hydrogens (tertiary/aromatic N) is 1. The topological polar surface area (TPSA) is 167 Å². The zero-order chi connectivity index (χ0) is 30.4. The average Bonchev–Trinajstić information content (AvgIpc) is 2.86. The van der Waals surface area contributed by atoms with Gasteiger partial charge in [0.15, 0.2) is 0 Å². The number of hydrogen-bond donors (Lipinski definition) is 5. The van der Waals surface area contributed by atoms with Crippen molar-refractivity contribution in [3.05, 3.63) is 35.9 Å². The summed E-state index contributed by atoms with van der Waals surface area (Å²) in [6.45, 7) is 9.63. The molecule has 0 radical (unpaired) electrons. The summed E-state index contributed by atoms with van der Waals surface area (Å²) in [5.41, 5.74) is 3.17. The molecule has 1 rings (SSSR count). The number of unbranched alkanes of at least 4 members (excludes halogenated alkanes) is 4. The summed E-state index contributed by atoms with van der Waals surface area (Å²) in [6.07, 6.45) is 6.88. The molecule has 0 atom stereocenters. The van der Waals surface area contributed by atoms with Crippen LogP contribution < -0.4 is 5.48 Å². The fraction of sp³-hybridized carbons (Fsp3) is 0.760. The molecule has 0 unspecified atom stereocenters. The van der Waals surface area contributed by atoms with Crippen molar-refractivity contribution in [2.45, 2.75) is 85.6 Å². The van der Waals surface area contributed by atoms with Gasteiger partial charge in [-0.25, -0.2) is 14.6 Å². The first-order valence-corrected chi connectivity index (χ1v) is 16.4. The summed E-state index contributed by atoms with van der Waals surface area (Å²) in [5.74, 6) is 0. The van der Waals surface area contributed by atoms with Crippen LogP contribution in [0.5, 0.6) is 0 Å². The van der Waals surface area contributed by atoms with E-state index >= 15 is 0 Å². The molecule has 0 bridgehead atoms. The Kier molecular flexibility index (Phi) is 33.1.